The number of hydrogen-bond donors (Lipinski definition) is 0. The molecule has 2 aromatic carbocycles. The van der Waals surface area contributed by atoms with Crippen molar-refractivity contribution >= 4 is 21.6 Å². The van der Waals surface area contributed by atoms with Gasteiger partial charge in [0.05, 0.1) is 11.4 Å². The van der Waals surface area contributed by atoms with Gasteiger partial charge in [0.25, 0.3) is 0 Å². The van der Waals surface area contributed by atoms with Crippen molar-refractivity contribution in [1.29, 1.82) is 0 Å². The van der Waals surface area contributed by atoms with Crippen LogP contribution in [0.1, 0.15) is 12.0 Å². The first-order chi connectivity index (χ1) is 13.9. The Morgan fingerprint density at radius 3 is 2.48 bits per heavy atom. The number of halogens is 1. The van der Waals surface area contributed by atoms with E-state index in [4.69, 9.17) is 0 Å². The SMILES string of the molecule is O=C(CN1CCCc2ccccc21)N1CCN(S(=O)(=O)c2cccc(F)c2)CC1. The fourth-order valence-electron chi connectivity index (χ4n) is 3.99. The van der Waals surface area contributed by atoms with E-state index in [1.807, 2.05) is 18.2 Å². The van der Waals surface area contributed by atoms with Crippen LogP contribution in [0.25, 0.3) is 0 Å². The maximum Gasteiger partial charge on any atom is 0.243 e. The molecule has 1 amide bonds. The first-order valence-electron chi connectivity index (χ1n) is 9.81. The van der Waals surface area contributed by atoms with E-state index in [0.717, 1.165) is 31.1 Å². The molecule has 2 heterocycles. The summed E-state index contributed by atoms with van der Waals surface area (Å²) in [5.74, 6) is -0.578. The zero-order valence-electron chi connectivity index (χ0n) is 16.1. The second kappa shape index (κ2) is 8.12. The van der Waals surface area contributed by atoms with Gasteiger partial charge in [-0.25, -0.2) is 12.8 Å². The molecule has 2 aliphatic rings. The Balaban J connectivity index is 1.38. The standard InChI is InChI=1S/C21H24FN3O3S/c22-18-7-3-8-19(15-18)29(27,28)25-13-11-23(12-14-25)21(26)16-24-10-4-6-17-5-1-2-9-20(17)24/h1-3,5,7-9,15H,4,6,10-14,16H2. The topological polar surface area (TPSA) is 60.9 Å². The van der Waals surface area contributed by atoms with Crippen molar-refractivity contribution in [1.82, 2.24) is 9.21 Å². The lowest BCUT2D eigenvalue weighted by atomic mass is 10.0. The highest BCUT2D eigenvalue weighted by Gasteiger charge is 2.31. The molecule has 0 atom stereocenters. The van der Waals surface area contributed by atoms with Gasteiger partial charge in [-0.2, -0.15) is 4.31 Å². The molecule has 29 heavy (non-hydrogen) atoms. The van der Waals surface area contributed by atoms with Crippen LogP contribution in [-0.4, -0.2) is 62.8 Å². The van der Waals surface area contributed by atoms with Crippen molar-refractivity contribution in [3.63, 3.8) is 0 Å². The third-order valence-corrected chi connectivity index (χ3v) is 7.45. The first kappa shape index (κ1) is 19.8. The number of sulfonamides is 1. The molecule has 0 radical (unpaired) electrons. The lowest BCUT2D eigenvalue weighted by Gasteiger charge is -2.36. The van der Waals surface area contributed by atoms with Crippen LogP contribution in [0.15, 0.2) is 53.4 Å². The molecule has 0 unspecified atom stereocenters. The summed E-state index contributed by atoms with van der Waals surface area (Å²) in [6.45, 7) is 2.23. The van der Waals surface area contributed by atoms with Crippen molar-refractivity contribution in [3.05, 3.63) is 59.9 Å². The summed E-state index contributed by atoms with van der Waals surface area (Å²) < 4.78 is 40.2. The van der Waals surface area contributed by atoms with Gasteiger partial charge >= 0.3 is 0 Å². The van der Waals surface area contributed by atoms with Crippen LogP contribution >= 0.6 is 0 Å². The molecule has 154 valence electrons. The van der Waals surface area contributed by atoms with E-state index in [2.05, 4.69) is 11.0 Å². The third kappa shape index (κ3) is 4.13. The minimum absolute atomic E-state index is 0.00417. The summed E-state index contributed by atoms with van der Waals surface area (Å²) in [6.07, 6.45) is 2.04. The van der Waals surface area contributed by atoms with Crippen LogP contribution < -0.4 is 4.90 Å². The predicted octanol–water partition coefficient (Wildman–Crippen LogP) is 2.11. The highest BCUT2D eigenvalue weighted by molar-refractivity contribution is 7.89. The number of benzene rings is 2. The normalized spacial score (nSPS) is 17.8. The van der Waals surface area contributed by atoms with Crippen molar-refractivity contribution in [3.8, 4) is 0 Å². The molecule has 6 nitrogen and oxygen atoms in total. The fraction of sp³-hybridized carbons (Fsp3) is 0.381. The van der Waals surface area contributed by atoms with Crippen LogP contribution in [0.3, 0.4) is 0 Å². The van der Waals surface area contributed by atoms with E-state index in [0.29, 0.717) is 19.6 Å². The molecule has 1 fully saturated rings. The van der Waals surface area contributed by atoms with Gasteiger partial charge in [-0.05, 0) is 42.7 Å². The van der Waals surface area contributed by atoms with Crippen molar-refractivity contribution < 1.29 is 17.6 Å². The molecular weight excluding hydrogens is 393 g/mol. The zero-order valence-corrected chi connectivity index (χ0v) is 16.9. The lowest BCUT2D eigenvalue weighted by molar-refractivity contribution is -0.130. The Morgan fingerprint density at radius 2 is 1.72 bits per heavy atom. The number of anilines is 1. The molecule has 0 saturated carbocycles. The van der Waals surface area contributed by atoms with Gasteiger partial charge in [0.15, 0.2) is 0 Å². The third-order valence-electron chi connectivity index (χ3n) is 5.56. The van der Waals surface area contributed by atoms with Crippen LogP contribution in [-0.2, 0) is 21.2 Å². The summed E-state index contributed by atoms with van der Waals surface area (Å²) in [6, 6.07) is 13.2. The number of fused-ring (bicyclic) bond motifs is 1. The van der Waals surface area contributed by atoms with Crippen LogP contribution in [0, 0.1) is 5.82 Å². The molecule has 0 aliphatic carbocycles. The largest absolute Gasteiger partial charge is 0.362 e. The Hall–Kier alpha value is -2.45. The minimum Gasteiger partial charge on any atom is -0.362 e. The minimum atomic E-state index is -3.76. The maximum absolute atomic E-state index is 13.4. The Bertz CT molecular complexity index is 1000. The van der Waals surface area contributed by atoms with Gasteiger partial charge < -0.3 is 9.80 Å². The highest BCUT2D eigenvalue weighted by Crippen LogP contribution is 2.26. The Kier molecular flexibility index (Phi) is 5.56. The van der Waals surface area contributed by atoms with Gasteiger partial charge in [0, 0.05) is 38.4 Å². The molecule has 2 aromatic rings. The van der Waals surface area contributed by atoms with Crippen LogP contribution in [0.4, 0.5) is 10.1 Å². The molecular formula is C21H24FN3O3S. The number of carbonyl (C=O) groups excluding carboxylic acids is 1. The maximum atomic E-state index is 13.4. The summed E-state index contributed by atoms with van der Waals surface area (Å²) in [4.78, 5) is 16.6. The molecule has 0 spiro atoms. The molecule has 8 heteroatoms. The second-order valence-electron chi connectivity index (χ2n) is 7.40. The first-order valence-corrected chi connectivity index (χ1v) is 11.3. The van der Waals surface area contributed by atoms with E-state index in [1.54, 1.807) is 4.90 Å². The van der Waals surface area contributed by atoms with E-state index < -0.39 is 15.8 Å². The molecule has 1 saturated heterocycles. The second-order valence-corrected chi connectivity index (χ2v) is 9.33. The summed E-state index contributed by atoms with van der Waals surface area (Å²) in [7, 11) is -3.76. The lowest BCUT2D eigenvalue weighted by Crippen LogP contribution is -2.52. The van der Waals surface area contributed by atoms with Crippen molar-refractivity contribution in [2.45, 2.75) is 17.7 Å². The number of para-hydroxylation sites is 1. The quantitative estimate of drug-likeness (QED) is 0.765. The number of aryl methyl sites for hydroxylation is 1. The number of hydrogen-bond acceptors (Lipinski definition) is 4. The van der Waals surface area contributed by atoms with E-state index in [-0.39, 0.29) is 23.9 Å². The molecule has 0 aromatic heterocycles. The molecule has 4 rings (SSSR count). The van der Waals surface area contributed by atoms with Gasteiger partial charge in [0.2, 0.25) is 15.9 Å². The van der Waals surface area contributed by atoms with Gasteiger partial charge in [-0.15, -0.1) is 0 Å². The van der Waals surface area contributed by atoms with E-state index in [9.17, 15) is 17.6 Å². The predicted molar refractivity (Wildman–Crippen MR) is 109 cm³/mol. The van der Waals surface area contributed by atoms with Crippen molar-refractivity contribution in [2.75, 3.05) is 44.2 Å². The Morgan fingerprint density at radius 1 is 0.966 bits per heavy atom. The summed E-state index contributed by atoms with van der Waals surface area (Å²) in [5.41, 5.74) is 2.37. The number of rotatable bonds is 4. The molecule has 0 N–H and O–H groups in total. The van der Waals surface area contributed by atoms with Gasteiger partial charge in [0.1, 0.15) is 5.82 Å². The fourth-order valence-corrected chi connectivity index (χ4v) is 5.45. The number of nitrogens with zero attached hydrogens (tertiary/aromatic N) is 3. The number of carbonyl (C=O) groups is 1. The zero-order chi connectivity index (χ0) is 20.4. The van der Waals surface area contributed by atoms with Crippen LogP contribution in [0.5, 0.6) is 0 Å². The van der Waals surface area contributed by atoms with Crippen LogP contribution in [0.2, 0.25) is 0 Å². The number of amides is 1. The Labute approximate surface area is 170 Å². The van der Waals surface area contributed by atoms with Crippen molar-refractivity contribution in [2.24, 2.45) is 0 Å². The van der Waals surface area contributed by atoms with Gasteiger partial charge in [-0.1, -0.05) is 24.3 Å². The average Bonchev–Trinajstić information content (AvgIpc) is 2.74. The average molecular weight is 418 g/mol. The van der Waals surface area contributed by atoms with E-state index >= 15 is 0 Å². The summed E-state index contributed by atoms with van der Waals surface area (Å²) >= 11 is 0. The molecule has 0 bridgehead atoms. The molecule has 2 aliphatic heterocycles. The monoisotopic (exact) mass is 417 g/mol. The summed E-state index contributed by atoms with van der Waals surface area (Å²) in [5, 5.41) is 0. The smallest absolute Gasteiger partial charge is 0.243 e. The number of piperazine rings is 1. The van der Waals surface area contributed by atoms with E-state index in [1.165, 1.54) is 28.1 Å². The van der Waals surface area contributed by atoms with Gasteiger partial charge in [-0.3, -0.25) is 4.79 Å². The highest BCUT2D eigenvalue weighted by atomic mass is 32.2.